The van der Waals surface area contributed by atoms with Gasteiger partial charge in [0.25, 0.3) is 0 Å². The number of aromatic nitrogens is 4. The Balaban J connectivity index is 0.000000198. The molecule has 456 valence electrons. The SMILES string of the molecule is CC(C)c1cccc(C(C)C)c1-c1ccc2c(N=c3[n-]ccc4cc(-c5c(C(C)C)cccc5C(C)C)ccc34)nccc2c1.CC(C)c1cccc(C(C)C)c1-c1ccc2c(N=c3[n-]ccc4cc(-c5c(C(C)C)cccc5C(C)C)ccc34)nccc2c1.[Zn+2]. The van der Waals surface area contributed by atoms with E-state index < -0.39 is 0 Å². The Bertz CT molecular complexity index is 4350. The van der Waals surface area contributed by atoms with Crippen LogP contribution in [0.2, 0.25) is 0 Å². The van der Waals surface area contributed by atoms with E-state index in [1.807, 2.05) is 24.8 Å². The summed E-state index contributed by atoms with van der Waals surface area (Å²) in [5.74, 6) is 4.87. The first kappa shape index (κ1) is 65.6. The fourth-order valence-corrected chi connectivity index (χ4v) is 13.4. The van der Waals surface area contributed by atoms with Gasteiger partial charge >= 0.3 is 19.5 Å². The molecule has 0 fully saturated rings. The average Bonchev–Trinajstić information content (AvgIpc) is 1.72. The molecule has 0 bridgehead atoms. The third-order valence-electron chi connectivity index (χ3n) is 18.0. The smallest absolute Gasteiger partial charge is 0.442 e. The second kappa shape index (κ2) is 28.0. The van der Waals surface area contributed by atoms with Crippen LogP contribution in [0.15, 0.2) is 205 Å². The van der Waals surface area contributed by atoms with Gasteiger partial charge in [-0.2, -0.15) is 0 Å². The van der Waals surface area contributed by atoms with Crippen LogP contribution >= 0.6 is 0 Å². The summed E-state index contributed by atoms with van der Waals surface area (Å²) in [7, 11) is 0. The Morgan fingerprint density at radius 3 is 0.747 bits per heavy atom. The molecule has 4 aromatic heterocycles. The van der Waals surface area contributed by atoms with Crippen molar-refractivity contribution in [2.24, 2.45) is 9.98 Å². The largest absolute Gasteiger partial charge is 2.00 e. The Kier molecular flexibility index (Phi) is 20.2. The van der Waals surface area contributed by atoms with E-state index in [0.717, 1.165) is 43.1 Å². The van der Waals surface area contributed by atoms with Crippen LogP contribution < -0.4 is 20.9 Å². The molecule has 0 saturated carbocycles. The zero-order valence-corrected chi connectivity index (χ0v) is 59.5. The maximum Gasteiger partial charge on any atom is 2.00 e. The summed E-state index contributed by atoms with van der Waals surface area (Å²) in [6.45, 7) is 36.4. The molecule has 0 unspecified atom stereocenters. The van der Waals surface area contributed by atoms with Gasteiger partial charge in [-0.05, 0) is 216 Å². The number of fused-ring (bicyclic) bond motifs is 4. The number of benzene rings is 8. The van der Waals surface area contributed by atoms with Crippen molar-refractivity contribution in [3.8, 4) is 44.5 Å². The van der Waals surface area contributed by atoms with E-state index in [9.17, 15) is 0 Å². The predicted molar refractivity (Wildman–Crippen MR) is 383 cm³/mol. The number of rotatable bonds is 14. The average molecular weight is 1250 g/mol. The molecule has 0 aliphatic carbocycles. The minimum absolute atomic E-state index is 0. The van der Waals surface area contributed by atoms with Crippen LogP contribution in [0, 0.1) is 0 Å². The third-order valence-corrected chi connectivity index (χ3v) is 18.0. The number of nitrogens with zero attached hydrogens (tertiary/aromatic N) is 6. The molecule has 0 aliphatic heterocycles. The number of pyridine rings is 4. The summed E-state index contributed by atoms with van der Waals surface area (Å²) in [6, 6.07) is 62.1. The molecule has 0 spiro atoms. The molecule has 0 N–H and O–H groups in total. The Hall–Kier alpha value is -8.38. The maximum atomic E-state index is 5.06. The molecular formula is C84H88N6Zn. The summed E-state index contributed by atoms with van der Waals surface area (Å²) in [4.78, 5) is 29.0. The van der Waals surface area contributed by atoms with Crippen molar-refractivity contribution in [3.05, 3.63) is 250 Å². The molecule has 6 nitrogen and oxygen atoms in total. The second-order valence-corrected chi connectivity index (χ2v) is 27.0. The molecule has 0 saturated heterocycles. The zero-order valence-electron chi connectivity index (χ0n) is 56.5. The van der Waals surface area contributed by atoms with E-state index in [-0.39, 0.29) is 19.5 Å². The molecule has 4 heterocycles. The van der Waals surface area contributed by atoms with E-state index in [1.54, 1.807) is 0 Å². The van der Waals surface area contributed by atoms with Gasteiger partial charge in [-0.25, -0.2) is 0 Å². The van der Waals surface area contributed by atoms with Gasteiger partial charge in [0.15, 0.2) is 0 Å². The first-order valence-corrected chi connectivity index (χ1v) is 32.8. The topological polar surface area (TPSA) is 78.7 Å². The monoisotopic (exact) mass is 1240 g/mol. The van der Waals surface area contributed by atoms with Gasteiger partial charge in [0.1, 0.15) is 0 Å². The fourth-order valence-electron chi connectivity index (χ4n) is 13.4. The van der Waals surface area contributed by atoms with Crippen LogP contribution in [0.1, 0.15) is 203 Å². The molecule has 7 heteroatoms. The first-order chi connectivity index (χ1) is 43.3. The van der Waals surface area contributed by atoms with E-state index in [2.05, 4.69) is 281 Å². The molecule has 0 atom stereocenters. The summed E-state index contributed by atoms with van der Waals surface area (Å²) >= 11 is 0. The standard InChI is InChI=1S/2C42H44N3.Zn/c2*1-25(2)33-11-9-12-34(26(3)4)39(33)31-15-17-37-29(23-31)19-21-43-41(37)45-42-38-18-16-32(24-30(38)20-22-44-42)40-35(27(5)6)13-10-14-36(40)28(7)8;/h2*9-28H,1-8H3;/q2*-1;+2. The Morgan fingerprint density at radius 2 is 0.505 bits per heavy atom. The van der Waals surface area contributed by atoms with Crippen LogP contribution in [0.3, 0.4) is 0 Å². The molecule has 0 aliphatic rings. The maximum absolute atomic E-state index is 5.06. The van der Waals surface area contributed by atoms with Crippen molar-refractivity contribution in [1.82, 2.24) is 19.9 Å². The van der Waals surface area contributed by atoms with Crippen molar-refractivity contribution >= 4 is 54.7 Å². The van der Waals surface area contributed by atoms with Crippen LogP contribution in [-0.2, 0) is 19.5 Å². The van der Waals surface area contributed by atoms with Crippen molar-refractivity contribution < 1.29 is 19.5 Å². The van der Waals surface area contributed by atoms with Crippen LogP contribution in [-0.4, -0.2) is 9.97 Å². The Morgan fingerprint density at radius 1 is 0.275 bits per heavy atom. The summed E-state index contributed by atoms with van der Waals surface area (Å²) < 4.78 is 0. The van der Waals surface area contributed by atoms with Crippen molar-refractivity contribution in [1.29, 1.82) is 0 Å². The predicted octanol–water partition coefficient (Wildman–Crippen LogP) is 22.8. The van der Waals surface area contributed by atoms with Crippen molar-refractivity contribution in [2.75, 3.05) is 0 Å². The van der Waals surface area contributed by atoms with E-state index in [4.69, 9.17) is 29.9 Å². The normalized spacial score (nSPS) is 12.4. The number of hydrogen-bond donors (Lipinski definition) is 0. The van der Waals surface area contributed by atoms with Gasteiger partial charge in [0.2, 0.25) is 0 Å². The van der Waals surface area contributed by atoms with Gasteiger partial charge in [0, 0.05) is 23.2 Å². The third kappa shape index (κ3) is 13.5. The van der Waals surface area contributed by atoms with Gasteiger partial charge in [-0.15, -0.1) is 0 Å². The van der Waals surface area contributed by atoms with Crippen LogP contribution in [0.4, 0.5) is 11.6 Å². The molecule has 0 amide bonds. The molecule has 0 radical (unpaired) electrons. The van der Waals surface area contributed by atoms with E-state index in [0.29, 0.717) is 70.0 Å². The van der Waals surface area contributed by atoms with Crippen LogP contribution in [0.5, 0.6) is 0 Å². The summed E-state index contributed by atoms with van der Waals surface area (Å²) in [6.07, 6.45) is 7.45. The number of hydrogen-bond acceptors (Lipinski definition) is 4. The summed E-state index contributed by atoms with van der Waals surface area (Å²) in [5, 5.41) is 8.61. The fraction of sp³-hybridized carbons (Fsp3) is 0.286. The van der Waals surface area contributed by atoms with Gasteiger partial charge in [-0.3, -0.25) is 9.97 Å². The quantitative estimate of drug-likeness (QED) is 0.102. The Labute approximate surface area is 553 Å². The first-order valence-electron chi connectivity index (χ1n) is 32.8. The van der Waals surface area contributed by atoms with E-state index >= 15 is 0 Å². The van der Waals surface area contributed by atoms with Gasteiger partial charge in [0.05, 0.1) is 11.6 Å². The molecule has 12 aromatic rings. The van der Waals surface area contributed by atoms with Crippen molar-refractivity contribution in [3.63, 3.8) is 0 Å². The molecule has 8 aromatic carbocycles. The minimum Gasteiger partial charge on any atom is -0.442 e. The molecule has 12 rings (SSSR count). The molecule has 91 heavy (non-hydrogen) atoms. The van der Waals surface area contributed by atoms with Crippen LogP contribution in [0.25, 0.3) is 87.6 Å². The van der Waals surface area contributed by atoms with Crippen molar-refractivity contribution in [2.45, 2.75) is 158 Å². The molecular weight excluding hydrogens is 1160 g/mol. The second-order valence-electron chi connectivity index (χ2n) is 27.0. The van der Waals surface area contributed by atoms with Gasteiger partial charge in [-0.1, -0.05) is 257 Å². The zero-order chi connectivity index (χ0) is 63.7. The minimum atomic E-state index is 0. The van der Waals surface area contributed by atoms with E-state index in [1.165, 1.54) is 89.0 Å². The summed E-state index contributed by atoms with van der Waals surface area (Å²) in [5.41, 5.74) is 22.8. The van der Waals surface area contributed by atoms with Gasteiger partial charge < -0.3 is 20.0 Å².